The van der Waals surface area contributed by atoms with Crippen LogP contribution in [0.25, 0.3) is 12.2 Å². The normalized spacial score (nSPS) is 11.0. The Morgan fingerprint density at radius 2 is 1.61 bits per heavy atom. The fourth-order valence-corrected chi connectivity index (χ4v) is 2.56. The van der Waals surface area contributed by atoms with Crippen molar-refractivity contribution in [3.63, 3.8) is 0 Å². The van der Waals surface area contributed by atoms with Gasteiger partial charge in [0.2, 0.25) is 0 Å². The van der Waals surface area contributed by atoms with E-state index in [0.29, 0.717) is 0 Å². The summed E-state index contributed by atoms with van der Waals surface area (Å²) in [6.07, 6.45) is 12.9. The Balaban J connectivity index is 2.11. The predicted molar refractivity (Wildman–Crippen MR) is 102 cm³/mol. The van der Waals surface area contributed by atoms with Crippen molar-refractivity contribution < 1.29 is 0 Å². The van der Waals surface area contributed by atoms with E-state index in [1.165, 1.54) is 36.9 Å². The summed E-state index contributed by atoms with van der Waals surface area (Å²) in [4.78, 5) is 6.67. The number of nitrogens with zero attached hydrogens (tertiary/aromatic N) is 2. The van der Waals surface area contributed by atoms with E-state index in [0.717, 1.165) is 18.7 Å². The van der Waals surface area contributed by atoms with E-state index >= 15 is 0 Å². The Hall–Kier alpha value is -2.09. The minimum Gasteiger partial charge on any atom is -0.372 e. The molecule has 2 aromatic rings. The third-order valence-corrected chi connectivity index (χ3v) is 3.95. The lowest BCUT2D eigenvalue weighted by Gasteiger charge is -2.25. The fraction of sp³-hybridized carbons (Fsp3) is 0.381. The zero-order valence-corrected chi connectivity index (χ0v) is 14.4. The molecule has 122 valence electrons. The van der Waals surface area contributed by atoms with Gasteiger partial charge in [-0.25, -0.2) is 0 Å². The molecule has 1 heterocycles. The van der Waals surface area contributed by atoms with E-state index in [2.05, 4.69) is 66.2 Å². The number of pyridine rings is 1. The van der Waals surface area contributed by atoms with Gasteiger partial charge in [-0.15, -0.1) is 0 Å². The van der Waals surface area contributed by atoms with E-state index in [9.17, 15) is 0 Å². The molecule has 0 fully saturated rings. The molecular weight excluding hydrogens is 280 g/mol. The first kappa shape index (κ1) is 17.3. The summed E-state index contributed by atoms with van der Waals surface area (Å²) in [6, 6.07) is 12.9. The van der Waals surface area contributed by atoms with Gasteiger partial charge in [0.15, 0.2) is 0 Å². The lowest BCUT2D eigenvalue weighted by molar-refractivity contribution is 0.678. The average molecular weight is 308 g/mol. The van der Waals surface area contributed by atoms with Gasteiger partial charge in [-0.3, -0.25) is 4.98 Å². The van der Waals surface area contributed by atoms with Gasteiger partial charge in [0.05, 0.1) is 0 Å². The summed E-state index contributed by atoms with van der Waals surface area (Å²) in [5.74, 6) is 0. The maximum atomic E-state index is 4.15. The van der Waals surface area contributed by atoms with Crippen LogP contribution in [0.15, 0.2) is 48.8 Å². The van der Waals surface area contributed by atoms with Crippen LogP contribution in [0.5, 0.6) is 0 Å². The Labute approximate surface area is 140 Å². The second-order valence-corrected chi connectivity index (χ2v) is 5.91. The second-order valence-electron chi connectivity index (χ2n) is 5.91. The van der Waals surface area contributed by atoms with E-state index in [1.54, 1.807) is 6.20 Å². The molecule has 0 saturated heterocycles. The Morgan fingerprint density at radius 1 is 0.913 bits per heavy atom. The first-order chi connectivity index (χ1) is 11.3. The molecule has 0 amide bonds. The van der Waals surface area contributed by atoms with Crippen LogP contribution in [0.1, 0.15) is 50.7 Å². The van der Waals surface area contributed by atoms with Gasteiger partial charge in [0.1, 0.15) is 0 Å². The first-order valence-corrected chi connectivity index (χ1v) is 8.76. The van der Waals surface area contributed by atoms with E-state index in [1.807, 2.05) is 12.3 Å². The summed E-state index contributed by atoms with van der Waals surface area (Å²) in [5, 5.41) is 0. The highest BCUT2D eigenvalue weighted by molar-refractivity contribution is 5.71. The Bertz CT molecular complexity index is 582. The van der Waals surface area contributed by atoms with Crippen molar-refractivity contribution in [1.82, 2.24) is 4.98 Å². The molecule has 0 aliphatic rings. The quantitative estimate of drug-likeness (QED) is 0.594. The Kier molecular flexibility index (Phi) is 7.38. The van der Waals surface area contributed by atoms with Crippen LogP contribution in [-0.2, 0) is 0 Å². The van der Waals surface area contributed by atoms with Crippen molar-refractivity contribution in [3.8, 4) is 0 Å². The third kappa shape index (κ3) is 5.90. The van der Waals surface area contributed by atoms with Crippen LogP contribution >= 0.6 is 0 Å². The van der Waals surface area contributed by atoms with Crippen molar-refractivity contribution in [2.75, 3.05) is 18.0 Å². The predicted octanol–water partition coefficient (Wildman–Crippen LogP) is 5.66. The lowest BCUT2D eigenvalue weighted by atomic mass is 10.1. The number of hydrogen-bond acceptors (Lipinski definition) is 2. The first-order valence-electron chi connectivity index (χ1n) is 8.76. The zero-order valence-electron chi connectivity index (χ0n) is 14.4. The molecule has 1 aromatic heterocycles. The molecule has 0 spiro atoms. The minimum absolute atomic E-state index is 1.13. The molecular formula is C21H28N2. The van der Waals surface area contributed by atoms with Crippen molar-refractivity contribution in [3.05, 3.63) is 59.9 Å². The smallest absolute Gasteiger partial charge is 0.0372 e. The summed E-state index contributed by atoms with van der Waals surface area (Å²) >= 11 is 0. The molecule has 23 heavy (non-hydrogen) atoms. The van der Waals surface area contributed by atoms with Crippen LogP contribution in [0.3, 0.4) is 0 Å². The van der Waals surface area contributed by atoms with E-state index in [4.69, 9.17) is 0 Å². The lowest BCUT2D eigenvalue weighted by Crippen LogP contribution is -2.25. The van der Waals surface area contributed by atoms with E-state index in [-0.39, 0.29) is 0 Å². The zero-order chi connectivity index (χ0) is 16.3. The van der Waals surface area contributed by atoms with Gasteiger partial charge >= 0.3 is 0 Å². The number of anilines is 1. The van der Waals surface area contributed by atoms with E-state index < -0.39 is 0 Å². The summed E-state index contributed by atoms with van der Waals surface area (Å²) in [6.45, 7) is 6.80. The minimum atomic E-state index is 1.13. The summed E-state index contributed by atoms with van der Waals surface area (Å²) in [7, 11) is 0. The number of unbranched alkanes of at least 4 members (excludes halogenated alkanes) is 2. The molecule has 2 rings (SSSR count). The van der Waals surface area contributed by atoms with Gasteiger partial charge < -0.3 is 4.90 Å². The monoisotopic (exact) mass is 308 g/mol. The third-order valence-electron chi connectivity index (χ3n) is 3.95. The maximum Gasteiger partial charge on any atom is 0.0372 e. The summed E-state index contributed by atoms with van der Waals surface area (Å²) < 4.78 is 0. The van der Waals surface area contributed by atoms with Crippen LogP contribution < -0.4 is 4.90 Å². The van der Waals surface area contributed by atoms with Crippen LogP contribution in [0.2, 0.25) is 0 Å². The van der Waals surface area contributed by atoms with Crippen molar-refractivity contribution >= 4 is 17.8 Å². The molecule has 0 N–H and O–H groups in total. The topological polar surface area (TPSA) is 16.1 Å². The molecule has 0 aliphatic heterocycles. The molecule has 1 aromatic carbocycles. The number of rotatable bonds is 9. The van der Waals surface area contributed by atoms with Crippen LogP contribution in [0.4, 0.5) is 5.69 Å². The molecule has 0 bridgehead atoms. The van der Waals surface area contributed by atoms with Crippen molar-refractivity contribution in [1.29, 1.82) is 0 Å². The highest BCUT2D eigenvalue weighted by atomic mass is 15.1. The molecule has 0 radical (unpaired) electrons. The number of hydrogen-bond donors (Lipinski definition) is 0. The number of aromatic nitrogens is 1. The molecule has 0 aliphatic carbocycles. The van der Waals surface area contributed by atoms with Gasteiger partial charge in [-0.05, 0) is 42.2 Å². The van der Waals surface area contributed by atoms with Crippen LogP contribution in [-0.4, -0.2) is 18.1 Å². The second kappa shape index (κ2) is 9.83. The highest BCUT2D eigenvalue weighted by Crippen LogP contribution is 2.19. The SMILES string of the molecule is CCCCN(CCCC)c1cccc(C=Cc2cccnc2)c1. The van der Waals surface area contributed by atoms with Gasteiger partial charge in [0, 0.05) is 31.2 Å². The Morgan fingerprint density at radius 3 is 2.26 bits per heavy atom. The average Bonchev–Trinajstić information content (AvgIpc) is 2.61. The maximum absolute atomic E-state index is 4.15. The highest BCUT2D eigenvalue weighted by Gasteiger charge is 2.05. The van der Waals surface area contributed by atoms with Gasteiger partial charge in [-0.1, -0.05) is 57.0 Å². The van der Waals surface area contributed by atoms with Gasteiger partial charge in [0.25, 0.3) is 0 Å². The summed E-state index contributed by atoms with van der Waals surface area (Å²) in [5.41, 5.74) is 3.70. The van der Waals surface area contributed by atoms with Gasteiger partial charge in [-0.2, -0.15) is 0 Å². The van der Waals surface area contributed by atoms with Crippen molar-refractivity contribution in [2.45, 2.75) is 39.5 Å². The molecule has 2 nitrogen and oxygen atoms in total. The number of benzene rings is 1. The molecule has 0 unspecified atom stereocenters. The van der Waals surface area contributed by atoms with Crippen molar-refractivity contribution in [2.24, 2.45) is 0 Å². The fourth-order valence-electron chi connectivity index (χ4n) is 2.56. The standard InChI is InChI=1S/C21H28N2/c1-3-5-15-23(16-6-4-2)21-11-7-9-19(17-21)12-13-20-10-8-14-22-18-20/h7-14,17-18H,3-6,15-16H2,1-2H3. The molecule has 0 atom stereocenters. The largest absolute Gasteiger partial charge is 0.372 e. The van der Waals surface area contributed by atoms with Crippen LogP contribution in [0, 0.1) is 0 Å². The molecule has 2 heteroatoms. The molecule has 0 saturated carbocycles.